The van der Waals surface area contributed by atoms with Gasteiger partial charge in [0.15, 0.2) is 10.3 Å². The van der Waals surface area contributed by atoms with E-state index in [1.165, 1.54) is 22.7 Å². The van der Waals surface area contributed by atoms with Crippen LogP contribution >= 0.6 is 35.1 Å². The number of hydrogen-bond donors (Lipinski definition) is 4. The molecule has 2 saturated carbocycles. The molecule has 3 fully saturated rings. The van der Waals surface area contributed by atoms with Crippen molar-refractivity contribution in [3.63, 3.8) is 0 Å². The molecule has 0 bridgehead atoms. The first-order valence-corrected chi connectivity index (χ1v) is 15.8. The van der Waals surface area contributed by atoms with E-state index in [-0.39, 0.29) is 38.1 Å². The second-order valence-corrected chi connectivity index (χ2v) is 14.2. The van der Waals surface area contributed by atoms with Gasteiger partial charge in [-0.05, 0) is 75.7 Å². The average molecular weight is 695 g/mol. The predicted octanol–water partition coefficient (Wildman–Crippen LogP) is 4.22. The number of fused-ring (bicyclic) bond motifs is 2. The van der Waals surface area contributed by atoms with Crippen LogP contribution in [0.15, 0.2) is 36.4 Å². The quantitative estimate of drug-likeness (QED) is 0.220. The van der Waals surface area contributed by atoms with Crippen molar-refractivity contribution in [1.29, 1.82) is 0 Å². The third-order valence-corrected chi connectivity index (χ3v) is 10.1. The van der Waals surface area contributed by atoms with E-state index in [0.717, 1.165) is 20.4 Å². The molecule has 2 aromatic heterocycles. The lowest BCUT2D eigenvalue weighted by Crippen LogP contribution is -2.41. The number of carbonyl (C=O) groups is 2. The van der Waals surface area contributed by atoms with Crippen molar-refractivity contribution in [2.24, 2.45) is 11.8 Å². The van der Waals surface area contributed by atoms with Crippen LogP contribution in [-0.2, 0) is 18.9 Å². The van der Waals surface area contributed by atoms with Crippen LogP contribution in [0.5, 0.6) is 0 Å². The van der Waals surface area contributed by atoms with Gasteiger partial charge in [-0.3, -0.25) is 9.59 Å². The van der Waals surface area contributed by atoms with E-state index in [1.807, 2.05) is 45.9 Å². The Kier molecular flexibility index (Phi) is 10.5. The number of carbonyl (C=O) groups excluding carboxylic acids is 2. The molecular weight excluding hydrogens is 660 g/mol. The number of nitrogens with one attached hydrogen (secondary N) is 2. The van der Waals surface area contributed by atoms with Crippen LogP contribution in [0, 0.1) is 11.8 Å². The van der Waals surface area contributed by atoms with E-state index in [0.29, 0.717) is 27.7 Å². The normalized spacial score (nSPS) is 23.4. The predicted molar refractivity (Wildman–Crippen MR) is 182 cm³/mol. The number of anilines is 2. The summed E-state index contributed by atoms with van der Waals surface area (Å²) in [6.07, 6.45) is -1.46. The minimum atomic E-state index is -1.54. The Hall–Kier alpha value is -2.72. The number of benzene rings is 2. The second-order valence-electron chi connectivity index (χ2n) is 12.1. The topological polar surface area (TPSA) is 143 Å². The Morgan fingerprint density at radius 3 is 1.74 bits per heavy atom. The van der Waals surface area contributed by atoms with Crippen molar-refractivity contribution in [2.75, 3.05) is 10.6 Å². The molecule has 4 atom stereocenters. The first-order valence-electron chi connectivity index (χ1n) is 14.1. The van der Waals surface area contributed by atoms with Crippen LogP contribution < -0.4 is 21.6 Å². The summed E-state index contributed by atoms with van der Waals surface area (Å²) >= 11 is 2.58. The number of thiazole rings is 2. The first-order chi connectivity index (χ1) is 20.7. The highest BCUT2D eigenvalue weighted by Crippen LogP contribution is 2.38. The molecular formula is C29H35B2ClF2N4O6S2. The van der Waals surface area contributed by atoms with Gasteiger partial charge in [0, 0.05) is 0 Å². The number of halogens is 3. The molecule has 4 aromatic rings. The number of alkyl halides is 2. The standard InChI is InChI=1S/C17H20BFN2O3S.C11H10BFN2O3S.CH4.ClH/c1-16(2)17(3,4)24-18(23-16)9-5-6-12-13(7-9)25-15(20-12)21-14(22)10-8-11(10)19;13-7-4-6(7)10(16)15-11-14-8-2-1-5(12(17)18)3-9(8)19-11;;/h5-7,10-11H,8H2,1-4H3,(H,20,21,22);1-3,6-7,17-18H,4H2,(H,14,15,16);1H4;1H/t10-,11+;6-,7+;;/m11../s1. The Labute approximate surface area is 280 Å². The Bertz CT molecular complexity index is 1740. The van der Waals surface area contributed by atoms with Crippen LogP contribution in [0.3, 0.4) is 0 Å². The van der Waals surface area contributed by atoms with E-state index < -0.39 is 49.6 Å². The summed E-state index contributed by atoms with van der Waals surface area (Å²) in [5.41, 5.74) is 1.92. The fourth-order valence-corrected chi connectivity index (χ4v) is 6.38. The van der Waals surface area contributed by atoms with Crippen LogP contribution in [0.4, 0.5) is 19.0 Å². The monoisotopic (exact) mass is 694 g/mol. The molecule has 17 heteroatoms. The molecule has 10 nitrogen and oxygen atoms in total. The number of aromatic nitrogens is 2. The van der Waals surface area contributed by atoms with E-state index in [1.54, 1.807) is 18.2 Å². The highest BCUT2D eigenvalue weighted by Gasteiger charge is 2.51. The van der Waals surface area contributed by atoms with Crippen LogP contribution in [-0.4, -0.2) is 69.6 Å². The van der Waals surface area contributed by atoms with E-state index in [2.05, 4.69) is 20.6 Å². The van der Waals surface area contributed by atoms with Crippen molar-refractivity contribution >= 4 is 103 Å². The maximum Gasteiger partial charge on any atom is 0.494 e. The lowest BCUT2D eigenvalue weighted by Gasteiger charge is -2.32. The van der Waals surface area contributed by atoms with E-state index in [9.17, 15) is 18.4 Å². The summed E-state index contributed by atoms with van der Waals surface area (Å²) in [6.45, 7) is 8.06. The molecule has 1 aliphatic heterocycles. The highest BCUT2D eigenvalue weighted by atomic mass is 35.5. The average Bonchev–Trinajstić information content (AvgIpc) is 3.73. The number of hydrogen-bond acceptors (Lipinski definition) is 10. The molecule has 3 aliphatic rings. The summed E-state index contributed by atoms with van der Waals surface area (Å²) in [5.74, 6) is -1.72. The van der Waals surface area contributed by atoms with Crippen molar-refractivity contribution in [3.05, 3.63) is 36.4 Å². The van der Waals surface area contributed by atoms with Crippen molar-refractivity contribution in [1.82, 2.24) is 9.97 Å². The minimum absolute atomic E-state index is 0. The zero-order valence-electron chi connectivity index (χ0n) is 24.7. The highest BCUT2D eigenvalue weighted by molar-refractivity contribution is 7.22. The molecule has 246 valence electrons. The van der Waals surface area contributed by atoms with E-state index >= 15 is 0 Å². The van der Waals surface area contributed by atoms with Gasteiger partial charge in [-0.25, -0.2) is 18.7 Å². The van der Waals surface area contributed by atoms with Gasteiger partial charge < -0.3 is 30.0 Å². The van der Waals surface area contributed by atoms with Gasteiger partial charge in [-0.1, -0.05) is 42.2 Å². The van der Waals surface area contributed by atoms with E-state index in [4.69, 9.17) is 19.4 Å². The maximum absolute atomic E-state index is 13.0. The van der Waals surface area contributed by atoms with Crippen molar-refractivity contribution in [3.8, 4) is 0 Å². The van der Waals surface area contributed by atoms with Crippen molar-refractivity contribution < 1.29 is 37.7 Å². The number of nitrogens with zero attached hydrogens (tertiary/aromatic N) is 2. The molecule has 3 heterocycles. The zero-order valence-corrected chi connectivity index (χ0v) is 27.2. The SMILES string of the molecule is C.CC1(C)OB(c2ccc3nc(NC(=O)[C@@H]4C[C@@H]4F)sc3c2)OC1(C)C.Cl.O=C(Nc1nc2ccc(B(O)O)cc2s1)[C@@H]1C[C@@H]1F. The summed E-state index contributed by atoms with van der Waals surface area (Å²) < 4.78 is 39.5. The first kappa shape index (κ1) is 36.1. The maximum atomic E-state index is 13.0. The van der Waals surface area contributed by atoms with Gasteiger partial charge in [0.05, 0.1) is 43.5 Å². The molecule has 2 aliphatic carbocycles. The lowest BCUT2D eigenvalue weighted by atomic mass is 9.79. The Balaban J connectivity index is 0.000000207. The summed E-state index contributed by atoms with van der Waals surface area (Å²) in [5, 5.41) is 24.3. The largest absolute Gasteiger partial charge is 0.494 e. The van der Waals surface area contributed by atoms with Gasteiger partial charge >= 0.3 is 14.2 Å². The summed E-state index contributed by atoms with van der Waals surface area (Å²) in [6, 6.07) is 10.6. The van der Waals surface area contributed by atoms with Crippen LogP contribution in [0.1, 0.15) is 48.0 Å². The van der Waals surface area contributed by atoms with Gasteiger partial charge in [-0.2, -0.15) is 0 Å². The molecule has 0 radical (unpaired) electrons. The summed E-state index contributed by atoms with van der Waals surface area (Å²) in [7, 11) is -1.98. The third kappa shape index (κ3) is 7.53. The zero-order chi connectivity index (χ0) is 31.6. The molecule has 2 aromatic carbocycles. The molecule has 4 N–H and O–H groups in total. The minimum Gasteiger partial charge on any atom is -0.423 e. The fraction of sp³-hybridized carbons (Fsp3) is 0.448. The van der Waals surface area contributed by atoms with Crippen LogP contribution in [0.25, 0.3) is 20.4 Å². The third-order valence-electron chi connectivity index (χ3n) is 8.21. The number of amides is 2. The lowest BCUT2D eigenvalue weighted by molar-refractivity contribution is -0.118. The van der Waals surface area contributed by atoms with Gasteiger partial charge in [0.25, 0.3) is 0 Å². The molecule has 2 amide bonds. The Morgan fingerprint density at radius 1 is 0.870 bits per heavy atom. The number of rotatable bonds is 6. The molecule has 7 rings (SSSR count). The summed E-state index contributed by atoms with van der Waals surface area (Å²) in [4.78, 5) is 32.0. The molecule has 46 heavy (non-hydrogen) atoms. The molecule has 0 spiro atoms. The van der Waals surface area contributed by atoms with Gasteiger partial charge in [0.1, 0.15) is 12.3 Å². The van der Waals surface area contributed by atoms with Gasteiger partial charge in [-0.15, -0.1) is 12.4 Å². The molecule has 1 saturated heterocycles. The van der Waals surface area contributed by atoms with Crippen LogP contribution in [0.2, 0.25) is 0 Å². The smallest absolute Gasteiger partial charge is 0.423 e. The van der Waals surface area contributed by atoms with Gasteiger partial charge in [0.2, 0.25) is 11.8 Å². The van der Waals surface area contributed by atoms with Crippen molar-refractivity contribution in [2.45, 2.75) is 71.5 Å². The Morgan fingerprint density at radius 2 is 1.30 bits per heavy atom. The fourth-order valence-electron chi connectivity index (χ4n) is 4.54. The second kappa shape index (κ2) is 13.4. The molecule has 0 unspecified atom stereocenters.